The summed E-state index contributed by atoms with van der Waals surface area (Å²) in [5.41, 5.74) is 2.29. The number of halogens is 1. The van der Waals surface area contributed by atoms with Gasteiger partial charge in [0.15, 0.2) is 0 Å². The molecule has 2 aromatic rings. The highest BCUT2D eigenvalue weighted by molar-refractivity contribution is 5.88. The van der Waals surface area contributed by atoms with Gasteiger partial charge in [0.25, 0.3) is 0 Å². The molecule has 0 amide bonds. The summed E-state index contributed by atoms with van der Waals surface area (Å²) in [7, 11) is 0. The van der Waals surface area contributed by atoms with Gasteiger partial charge in [-0.25, -0.2) is 4.79 Å². The summed E-state index contributed by atoms with van der Waals surface area (Å²) in [6, 6.07) is 5.72. The van der Waals surface area contributed by atoms with Crippen LogP contribution < -0.4 is 15.7 Å². The normalized spacial score (nSPS) is 16.0. The zero-order valence-corrected chi connectivity index (χ0v) is 15.5. The minimum atomic E-state index is -0.383. The third-order valence-corrected chi connectivity index (χ3v) is 4.46. The summed E-state index contributed by atoms with van der Waals surface area (Å²) < 4.78 is 11.5. The number of fused-ring (bicyclic) bond motifs is 3. The predicted octanol–water partition coefficient (Wildman–Crippen LogP) is 2.83. The SMILES string of the molecule is CC(O)CNC(C)COc1cccc2oc(=O)c3c(c12)CCCC3.Cl. The van der Waals surface area contributed by atoms with Gasteiger partial charge in [-0.3, -0.25) is 0 Å². The summed E-state index contributed by atoms with van der Waals surface area (Å²) in [5.74, 6) is 0.764. The van der Waals surface area contributed by atoms with Crippen molar-refractivity contribution in [1.29, 1.82) is 0 Å². The van der Waals surface area contributed by atoms with E-state index >= 15 is 0 Å². The van der Waals surface area contributed by atoms with Crippen molar-refractivity contribution in [2.24, 2.45) is 0 Å². The zero-order valence-electron chi connectivity index (χ0n) is 14.7. The first-order chi connectivity index (χ1) is 11.6. The second kappa shape index (κ2) is 8.70. The molecule has 3 rings (SSSR count). The maximum absolute atomic E-state index is 12.2. The number of benzene rings is 1. The van der Waals surface area contributed by atoms with Crippen LogP contribution in [0.2, 0.25) is 0 Å². The highest BCUT2D eigenvalue weighted by Crippen LogP contribution is 2.33. The van der Waals surface area contributed by atoms with Gasteiger partial charge in [0, 0.05) is 18.2 Å². The lowest BCUT2D eigenvalue weighted by molar-refractivity contribution is 0.179. The van der Waals surface area contributed by atoms with Crippen LogP contribution in [0.3, 0.4) is 0 Å². The summed E-state index contributed by atoms with van der Waals surface area (Å²) >= 11 is 0. The Morgan fingerprint density at radius 3 is 2.68 bits per heavy atom. The second-order valence-corrected chi connectivity index (χ2v) is 6.65. The maximum Gasteiger partial charge on any atom is 0.339 e. The number of hydrogen-bond acceptors (Lipinski definition) is 5. The highest BCUT2D eigenvalue weighted by atomic mass is 35.5. The standard InChI is InChI=1S/C19H25NO4.ClH/c1-12(20-10-13(2)21)11-23-16-8-5-9-17-18(16)14-6-3-4-7-15(14)19(22)24-17;/h5,8-9,12-13,20-21H,3-4,6-7,10-11H2,1-2H3;1H. The Hall–Kier alpha value is -1.56. The van der Waals surface area contributed by atoms with Gasteiger partial charge >= 0.3 is 5.63 Å². The van der Waals surface area contributed by atoms with Crippen LogP contribution in [-0.4, -0.2) is 30.4 Å². The summed E-state index contributed by atoms with van der Waals surface area (Å²) in [6.45, 7) is 4.78. The van der Waals surface area contributed by atoms with Crippen LogP contribution in [0.5, 0.6) is 5.75 Å². The van der Waals surface area contributed by atoms with Gasteiger partial charge in [-0.1, -0.05) is 6.07 Å². The molecule has 0 aliphatic heterocycles. The second-order valence-electron chi connectivity index (χ2n) is 6.65. The van der Waals surface area contributed by atoms with Crippen LogP contribution in [-0.2, 0) is 12.8 Å². The van der Waals surface area contributed by atoms with Gasteiger partial charge in [-0.15, -0.1) is 12.4 Å². The average molecular weight is 368 g/mol. The molecule has 0 radical (unpaired) electrons. The van der Waals surface area contributed by atoms with Gasteiger partial charge in [-0.05, 0) is 57.2 Å². The minimum absolute atomic E-state index is 0. The third kappa shape index (κ3) is 4.54. The van der Waals surface area contributed by atoms with Crippen molar-refractivity contribution in [2.75, 3.05) is 13.2 Å². The lowest BCUT2D eigenvalue weighted by atomic mass is 9.90. The Labute approximate surface area is 153 Å². The Morgan fingerprint density at radius 1 is 1.24 bits per heavy atom. The summed E-state index contributed by atoms with van der Waals surface area (Å²) in [6.07, 6.45) is 3.42. The summed E-state index contributed by atoms with van der Waals surface area (Å²) in [5, 5.41) is 13.5. The Balaban J connectivity index is 0.00000225. The van der Waals surface area contributed by atoms with Crippen molar-refractivity contribution in [2.45, 2.75) is 51.7 Å². The van der Waals surface area contributed by atoms with Crippen LogP contribution in [0, 0.1) is 0 Å². The van der Waals surface area contributed by atoms with Crippen molar-refractivity contribution >= 4 is 23.4 Å². The molecule has 6 heteroatoms. The van der Waals surface area contributed by atoms with Crippen LogP contribution in [0.1, 0.15) is 37.8 Å². The molecule has 0 bridgehead atoms. The Bertz CT molecular complexity index is 772. The molecule has 2 atom stereocenters. The molecule has 0 saturated carbocycles. The van der Waals surface area contributed by atoms with Crippen LogP contribution in [0.25, 0.3) is 11.0 Å². The number of aliphatic hydroxyl groups is 1. The van der Waals surface area contributed by atoms with Crippen molar-refractivity contribution in [1.82, 2.24) is 5.32 Å². The van der Waals surface area contributed by atoms with E-state index in [0.717, 1.165) is 47.9 Å². The van der Waals surface area contributed by atoms with Crippen molar-refractivity contribution < 1.29 is 14.3 Å². The molecule has 1 aromatic heterocycles. The van der Waals surface area contributed by atoms with Crippen molar-refractivity contribution in [3.05, 3.63) is 39.7 Å². The molecule has 2 N–H and O–H groups in total. The van der Waals surface area contributed by atoms with E-state index in [1.807, 2.05) is 25.1 Å². The minimum Gasteiger partial charge on any atom is -0.491 e. The highest BCUT2D eigenvalue weighted by Gasteiger charge is 2.20. The van der Waals surface area contributed by atoms with E-state index in [4.69, 9.17) is 9.15 Å². The lowest BCUT2D eigenvalue weighted by Crippen LogP contribution is -2.36. The molecule has 1 aromatic carbocycles. The van der Waals surface area contributed by atoms with Crippen LogP contribution in [0.15, 0.2) is 27.4 Å². The van der Waals surface area contributed by atoms with Crippen LogP contribution in [0.4, 0.5) is 0 Å². The number of rotatable bonds is 6. The molecule has 1 aliphatic rings. The molecule has 25 heavy (non-hydrogen) atoms. The lowest BCUT2D eigenvalue weighted by Gasteiger charge is -2.20. The van der Waals surface area contributed by atoms with E-state index in [1.165, 1.54) is 0 Å². The van der Waals surface area contributed by atoms with E-state index in [1.54, 1.807) is 6.92 Å². The molecule has 5 nitrogen and oxygen atoms in total. The topological polar surface area (TPSA) is 71.7 Å². The smallest absolute Gasteiger partial charge is 0.339 e. The zero-order chi connectivity index (χ0) is 17.1. The summed E-state index contributed by atoms with van der Waals surface area (Å²) in [4.78, 5) is 12.2. The molecular formula is C19H26ClNO4. The number of hydrogen-bond donors (Lipinski definition) is 2. The molecular weight excluding hydrogens is 342 g/mol. The molecule has 1 aliphatic carbocycles. The number of aliphatic hydroxyl groups excluding tert-OH is 1. The van der Waals surface area contributed by atoms with Crippen molar-refractivity contribution in [3.63, 3.8) is 0 Å². The molecule has 0 fully saturated rings. The van der Waals surface area contributed by atoms with Gasteiger partial charge in [0.1, 0.15) is 17.9 Å². The quantitative estimate of drug-likeness (QED) is 0.768. The average Bonchev–Trinajstić information content (AvgIpc) is 2.58. The first-order valence-electron chi connectivity index (χ1n) is 8.68. The largest absolute Gasteiger partial charge is 0.491 e. The Kier molecular flexibility index (Phi) is 6.87. The van der Waals surface area contributed by atoms with E-state index in [9.17, 15) is 9.90 Å². The predicted molar refractivity (Wildman–Crippen MR) is 101 cm³/mol. The van der Waals surface area contributed by atoms with E-state index in [2.05, 4.69) is 5.32 Å². The first-order valence-corrected chi connectivity index (χ1v) is 8.68. The number of aryl methyl sites for hydroxylation is 1. The van der Waals surface area contributed by atoms with Crippen LogP contribution >= 0.6 is 12.4 Å². The molecule has 0 saturated heterocycles. The van der Waals surface area contributed by atoms with Crippen molar-refractivity contribution in [3.8, 4) is 5.75 Å². The number of nitrogens with one attached hydrogen (secondary N) is 1. The van der Waals surface area contributed by atoms with Gasteiger partial charge in [-0.2, -0.15) is 0 Å². The van der Waals surface area contributed by atoms with E-state index < -0.39 is 0 Å². The molecule has 2 unspecified atom stereocenters. The maximum atomic E-state index is 12.2. The van der Waals surface area contributed by atoms with Gasteiger partial charge in [0.2, 0.25) is 0 Å². The van der Waals surface area contributed by atoms with E-state index in [0.29, 0.717) is 18.7 Å². The van der Waals surface area contributed by atoms with E-state index in [-0.39, 0.29) is 30.2 Å². The number of ether oxygens (including phenoxy) is 1. The van der Waals surface area contributed by atoms with Gasteiger partial charge < -0.3 is 19.6 Å². The monoisotopic (exact) mass is 367 g/mol. The molecule has 1 heterocycles. The third-order valence-electron chi connectivity index (χ3n) is 4.46. The fraction of sp³-hybridized carbons (Fsp3) is 0.526. The molecule has 0 spiro atoms. The Morgan fingerprint density at radius 2 is 1.96 bits per heavy atom. The first kappa shape index (κ1) is 19.8. The fourth-order valence-electron chi connectivity index (χ4n) is 3.23. The van der Waals surface area contributed by atoms with Gasteiger partial charge in [0.05, 0.1) is 11.5 Å². The fourth-order valence-corrected chi connectivity index (χ4v) is 3.23. The molecule has 138 valence electrons.